The van der Waals surface area contributed by atoms with Crippen molar-refractivity contribution in [3.8, 4) is 11.1 Å². The van der Waals surface area contributed by atoms with Gasteiger partial charge in [-0.15, -0.1) is 0 Å². The molecule has 108 valence electrons. The van der Waals surface area contributed by atoms with E-state index in [-0.39, 0.29) is 0 Å². The quantitative estimate of drug-likeness (QED) is 0.746. The lowest BCUT2D eigenvalue weighted by Crippen LogP contribution is -2.13. The fourth-order valence-corrected chi connectivity index (χ4v) is 2.18. The van der Waals surface area contributed by atoms with Gasteiger partial charge in [-0.05, 0) is 36.6 Å². The zero-order valence-electron chi connectivity index (χ0n) is 12.3. The fraction of sp³-hybridized carbons (Fsp3) is 0.412. The fourth-order valence-electron chi connectivity index (χ4n) is 2.18. The Hall–Kier alpha value is -1.58. The van der Waals surface area contributed by atoms with Crippen LogP contribution in [0.25, 0.3) is 11.1 Å². The van der Waals surface area contributed by atoms with Crippen LogP contribution in [0.15, 0.2) is 41.0 Å². The molecule has 2 rings (SSSR count). The van der Waals surface area contributed by atoms with Crippen molar-refractivity contribution in [3.63, 3.8) is 0 Å². The Labute approximate surface area is 121 Å². The van der Waals surface area contributed by atoms with E-state index in [0.717, 1.165) is 38.3 Å². The Balaban J connectivity index is 2.05. The Morgan fingerprint density at radius 2 is 1.95 bits per heavy atom. The molecule has 3 heteroatoms. The van der Waals surface area contributed by atoms with Gasteiger partial charge in [-0.3, -0.25) is 0 Å². The molecule has 0 fully saturated rings. The summed E-state index contributed by atoms with van der Waals surface area (Å²) in [6.45, 7) is 4.71. The Kier molecular flexibility index (Phi) is 5.84. The van der Waals surface area contributed by atoms with E-state index in [1.807, 2.05) is 6.07 Å². The lowest BCUT2D eigenvalue weighted by atomic mass is 10.0. The topological polar surface area (TPSA) is 34.4 Å². The van der Waals surface area contributed by atoms with Crippen molar-refractivity contribution >= 4 is 0 Å². The maximum absolute atomic E-state index is 5.58. The lowest BCUT2D eigenvalue weighted by molar-refractivity contribution is 0.202. The highest BCUT2D eigenvalue weighted by atomic mass is 16.5. The van der Waals surface area contributed by atoms with Crippen LogP contribution >= 0.6 is 0 Å². The summed E-state index contributed by atoms with van der Waals surface area (Å²) in [6.07, 6.45) is 3.84. The van der Waals surface area contributed by atoms with Crippen LogP contribution in [-0.2, 0) is 17.7 Å². The maximum atomic E-state index is 5.58. The predicted molar refractivity (Wildman–Crippen MR) is 81.7 cm³/mol. The van der Waals surface area contributed by atoms with E-state index >= 15 is 0 Å². The normalized spacial score (nSPS) is 10.9. The number of rotatable bonds is 8. The summed E-state index contributed by atoms with van der Waals surface area (Å²) in [5, 5.41) is 3.38. The molecule has 0 saturated heterocycles. The summed E-state index contributed by atoms with van der Waals surface area (Å²) in [7, 11) is 1.73. The van der Waals surface area contributed by atoms with Crippen molar-refractivity contribution in [1.29, 1.82) is 0 Å². The van der Waals surface area contributed by atoms with E-state index in [4.69, 9.17) is 9.15 Å². The van der Waals surface area contributed by atoms with Crippen LogP contribution in [0.1, 0.15) is 24.7 Å². The molecule has 0 spiro atoms. The third kappa shape index (κ3) is 3.95. The summed E-state index contributed by atoms with van der Waals surface area (Å²) in [6, 6.07) is 10.7. The third-order valence-electron chi connectivity index (χ3n) is 3.32. The van der Waals surface area contributed by atoms with E-state index in [0.29, 0.717) is 0 Å². The maximum Gasteiger partial charge on any atom is 0.125 e. The molecule has 0 saturated carbocycles. The smallest absolute Gasteiger partial charge is 0.125 e. The van der Waals surface area contributed by atoms with Crippen molar-refractivity contribution < 1.29 is 9.15 Å². The summed E-state index contributed by atoms with van der Waals surface area (Å²) >= 11 is 0. The molecule has 0 atom stereocenters. The molecule has 20 heavy (non-hydrogen) atoms. The van der Waals surface area contributed by atoms with E-state index in [1.165, 1.54) is 16.7 Å². The number of furan rings is 1. The van der Waals surface area contributed by atoms with Gasteiger partial charge < -0.3 is 14.5 Å². The molecule has 1 aromatic heterocycles. The molecular weight excluding hydrogens is 250 g/mol. The second-order valence-corrected chi connectivity index (χ2v) is 4.87. The second-order valence-electron chi connectivity index (χ2n) is 4.87. The van der Waals surface area contributed by atoms with Gasteiger partial charge in [-0.25, -0.2) is 0 Å². The molecule has 1 N–H and O–H groups in total. The van der Waals surface area contributed by atoms with E-state index in [1.54, 1.807) is 13.4 Å². The first kappa shape index (κ1) is 14.8. The molecule has 2 aromatic rings. The van der Waals surface area contributed by atoms with Gasteiger partial charge in [0.25, 0.3) is 0 Å². The lowest BCUT2D eigenvalue weighted by Gasteiger charge is -2.06. The van der Waals surface area contributed by atoms with Gasteiger partial charge in [0.05, 0.1) is 19.4 Å². The Morgan fingerprint density at radius 1 is 1.15 bits per heavy atom. The number of ether oxygens (including phenoxy) is 1. The van der Waals surface area contributed by atoms with Crippen molar-refractivity contribution in [3.05, 3.63) is 47.9 Å². The summed E-state index contributed by atoms with van der Waals surface area (Å²) in [5.41, 5.74) is 3.67. The first-order chi connectivity index (χ1) is 9.85. The van der Waals surface area contributed by atoms with Crippen LogP contribution in [0.5, 0.6) is 0 Å². The molecule has 1 heterocycles. The average Bonchev–Trinajstić information content (AvgIpc) is 2.94. The van der Waals surface area contributed by atoms with E-state index < -0.39 is 0 Å². The molecule has 0 aliphatic rings. The third-order valence-corrected chi connectivity index (χ3v) is 3.32. The second kappa shape index (κ2) is 7.88. The monoisotopic (exact) mass is 273 g/mol. The summed E-state index contributed by atoms with van der Waals surface area (Å²) in [4.78, 5) is 0. The molecule has 0 unspecified atom stereocenters. The number of benzene rings is 1. The highest BCUT2D eigenvalue weighted by molar-refractivity contribution is 5.65. The van der Waals surface area contributed by atoms with Crippen LogP contribution in [0, 0.1) is 0 Å². The highest BCUT2D eigenvalue weighted by Crippen LogP contribution is 2.25. The Morgan fingerprint density at radius 3 is 2.65 bits per heavy atom. The highest BCUT2D eigenvalue weighted by Gasteiger charge is 2.08. The molecule has 0 amide bonds. The molecule has 1 aromatic carbocycles. The molecular formula is C17H23NO2. The predicted octanol–water partition coefficient (Wildman–Crippen LogP) is 3.64. The van der Waals surface area contributed by atoms with Crippen molar-refractivity contribution in [1.82, 2.24) is 5.32 Å². The molecule has 3 nitrogen and oxygen atoms in total. The van der Waals surface area contributed by atoms with Crippen LogP contribution in [0.2, 0.25) is 0 Å². The van der Waals surface area contributed by atoms with Crippen LogP contribution < -0.4 is 5.32 Å². The molecule has 0 bridgehead atoms. The average molecular weight is 273 g/mol. The van der Waals surface area contributed by atoms with Gasteiger partial charge in [-0.2, -0.15) is 0 Å². The van der Waals surface area contributed by atoms with E-state index in [9.17, 15) is 0 Å². The van der Waals surface area contributed by atoms with Gasteiger partial charge >= 0.3 is 0 Å². The standard InChI is InChI=1S/C17H23NO2/c1-3-10-18-13-17-16(9-12-20-17)15-6-4-14(5-7-15)8-11-19-2/h4-7,9,12,18H,3,8,10-11,13H2,1-2H3. The van der Waals surface area contributed by atoms with Crippen molar-refractivity contribution in [2.75, 3.05) is 20.3 Å². The van der Waals surface area contributed by atoms with Gasteiger partial charge in [0.1, 0.15) is 5.76 Å². The zero-order valence-corrected chi connectivity index (χ0v) is 12.3. The molecule has 0 aliphatic carbocycles. The number of nitrogens with one attached hydrogen (secondary N) is 1. The largest absolute Gasteiger partial charge is 0.467 e. The van der Waals surface area contributed by atoms with Crippen LogP contribution in [-0.4, -0.2) is 20.3 Å². The summed E-state index contributed by atoms with van der Waals surface area (Å²) in [5.74, 6) is 1.00. The van der Waals surface area contributed by atoms with Crippen molar-refractivity contribution in [2.24, 2.45) is 0 Å². The van der Waals surface area contributed by atoms with E-state index in [2.05, 4.69) is 36.5 Å². The first-order valence-electron chi connectivity index (χ1n) is 7.20. The minimum atomic E-state index is 0.761. The van der Waals surface area contributed by atoms with Gasteiger partial charge in [0.15, 0.2) is 0 Å². The summed E-state index contributed by atoms with van der Waals surface area (Å²) < 4.78 is 10.7. The minimum Gasteiger partial charge on any atom is -0.467 e. The zero-order chi connectivity index (χ0) is 14.2. The van der Waals surface area contributed by atoms with Crippen molar-refractivity contribution in [2.45, 2.75) is 26.3 Å². The van der Waals surface area contributed by atoms with Gasteiger partial charge in [0.2, 0.25) is 0 Å². The minimum absolute atomic E-state index is 0.761. The Bertz CT molecular complexity index is 502. The van der Waals surface area contributed by atoms with Crippen LogP contribution in [0.4, 0.5) is 0 Å². The number of hydrogen-bond donors (Lipinski definition) is 1. The number of methoxy groups -OCH3 is 1. The number of hydrogen-bond acceptors (Lipinski definition) is 3. The van der Waals surface area contributed by atoms with Gasteiger partial charge in [0, 0.05) is 12.7 Å². The van der Waals surface area contributed by atoms with Crippen LogP contribution in [0.3, 0.4) is 0 Å². The molecule has 0 aliphatic heterocycles. The molecule has 0 radical (unpaired) electrons. The van der Waals surface area contributed by atoms with Gasteiger partial charge in [-0.1, -0.05) is 31.2 Å². The SMILES string of the molecule is CCCNCc1occc1-c1ccc(CCOC)cc1. The first-order valence-corrected chi connectivity index (χ1v) is 7.20.